The van der Waals surface area contributed by atoms with Crippen molar-refractivity contribution in [2.75, 3.05) is 0 Å². The van der Waals surface area contributed by atoms with Gasteiger partial charge in [0.05, 0.1) is 5.70 Å². The fraction of sp³-hybridized carbons (Fsp3) is 0.214. The van der Waals surface area contributed by atoms with Gasteiger partial charge in [-0.2, -0.15) is 0 Å². The van der Waals surface area contributed by atoms with E-state index >= 15 is 0 Å². The number of aliphatic imine (C=N–C) groups is 1. The van der Waals surface area contributed by atoms with Gasteiger partial charge in [-0.1, -0.05) is 38.1 Å². The minimum atomic E-state index is 0. The molecule has 2 bridgehead atoms. The summed E-state index contributed by atoms with van der Waals surface area (Å²) >= 11 is 0. The van der Waals surface area contributed by atoms with E-state index in [4.69, 9.17) is 0 Å². The Labute approximate surface area is 102 Å². The van der Waals surface area contributed by atoms with Crippen LogP contribution in [0.4, 0.5) is 0 Å². The first kappa shape index (κ1) is 11.2. The second-order valence-corrected chi connectivity index (χ2v) is 4.60. The number of rotatable bonds is 0. The molecule has 0 fully saturated rings. The number of fused-ring (bicyclic) bond motifs is 4. The minimum Gasteiger partial charge on any atom is -0.260 e. The van der Waals surface area contributed by atoms with Crippen LogP contribution in [-0.2, 0) is 0 Å². The lowest BCUT2D eigenvalue weighted by molar-refractivity contribution is 0.593. The average Bonchev–Trinajstić information content (AvgIpc) is 2.17. The van der Waals surface area contributed by atoms with E-state index in [1.807, 2.05) is 6.21 Å². The molecule has 1 aliphatic carbocycles. The van der Waals surface area contributed by atoms with Crippen LogP contribution in [0, 0.1) is 5.41 Å². The molecule has 0 amide bonds. The second kappa shape index (κ2) is 3.60. The van der Waals surface area contributed by atoms with Crippen LogP contribution >= 0.6 is 12.4 Å². The van der Waals surface area contributed by atoms with Gasteiger partial charge < -0.3 is 0 Å². The lowest BCUT2D eigenvalue weighted by Crippen LogP contribution is -2.22. The van der Waals surface area contributed by atoms with Gasteiger partial charge in [0.1, 0.15) is 0 Å². The Morgan fingerprint density at radius 3 is 2.69 bits per heavy atom. The minimum absolute atomic E-state index is 0. The summed E-state index contributed by atoms with van der Waals surface area (Å²) in [7, 11) is 0. The van der Waals surface area contributed by atoms with Crippen molar-refractivity contribution in [3.05, 3.63) is 47.2 Å². The molecule has 82 valence electrons. The number of hydrogen-bond donors (Lipinski definition) is 0. The molecule has 0 spiro atoms. The van der Waals surface area contributed by atoms with Crippen molar-refractivity contribution in [2.24, 2.45) is 10.4 Å². The highest BCUT2D eigenvalue weighted by Gasteiger charge is 2.34. The summed E-state index contributed by atoms with van der Waals surface area (Å²) in [5.41, 5.74) is 5.24. The van der Waals surface area contributed by atoms with Gasteiger partial charge in [-0.3, -0.25) is 4.99 Å². The summed E-state index contributed by atoms with van der Waals surface area (Å²) in [5.74, 6) is 0. The highest BCUT2D eigenvalue weighted by Crippen LogP contribution is 2.48. The van der Waals surface area contributed by atoms with Crippen LogP contribution in [0.1, 0.15) is 25.0 Å². The van der Waals surface area contributed by atoms with Gasteiger partial charge in [0, 0.05) is 11.6 Å². The number of hydrogen-bond acceptors (Lipinski definition) is 1. The summed E-state index contributed by atoms with van der Waals surface area (Å²) < 4.78 is 0. The number of halogens is 1. The zero-order valence-corrected chi connectivity index (χ0v) is 10.2. The topological polar surface area (TPSA) is 12.4 Å². The number of allylic oxidation sites excluding steroid dienone is 2. The van der Waals surface area contributed by atoms with Crippen LogP contribution in [0.2, 0.25) is 0 Å². The van der Waals surface area contributed by atoms with Crippen molar-refractivity contribution in [3.63, 3.8) is 0 Å². The molecule has 0 saturated heterocycles. The number of benzene rings is 1. The molecule has 0 atom stereocenters. The van der Waals surface area contributed by atoms with Crippen molar-refractivity contribution >= 4 is 30.3 Å². The third kappa shape index (κ3) is 1.35. The zero-order chi connectivity index (χ0) is 10.5. The van der Waals surface area contributed by atoms with Crippen molar-refractivity contribution in [3.8, 4) is 0 Å². The molecular weight excluding hydrogens is 218 g/mol. The second-order valence-electron chi connectivity index (χ2n) is 4.60. The molecule has 3 rings (SSSR count). The Hall–Kier alpha value is -1.34. The molecule has 1 aliphatic heterocycles. The molecule has 0 N–H and O–H groups in total. The maximum absolute atomic E-state index is 4.46. The van der Waals surface area contributed by atoms with Crippen LogP contribution < -0.4 is 0 Å². The average molecular weight is 232 g/mol. The van der Waals surface area contributed by atoms with Crippen LogP contribution in [-0.4, -0.2) is 6.21 Å². The van der Waals surface area contributed by atoms with Crippen LogP contribution in [0.15, 0.2) is 41.0 Å². The molecule has 2 aliphatic rings. The number of dihydropyridines is 1. The predicted octanol–water partition coefficient (Wildman–Crippen LogP) is 3.96. The third-order valence-corrected chi connectivity index (χ3v) is 3.31. The first-order valence-electron chi connectivity index (χ1n) is 5.26. The van der Waals surface area contributed by atoms with E-state index in [2.05, 4.69) is 55.3 Å². The maximum Gasteiger partial charge on any atom is 0.0510 e. The zero-order valence-electron chi connectivity index (χ0n) is 9.40. The lowest BCUT2D eigenvalue weighted by atomic mass is 9.71. The molecule has 16 heavy (non-hydrogen) atoms. The van der Waals surface area contributed by atoms with E-state index in [0.29, 0.717) is 0 Å². The highest BCUT2D eigenvalue weighted by atomic mass is 35.5. The fourth-order valence-electron chi connectivity index (χ4n) is 2.36. The molecule has 0 saturated carbocycles. The van der Waals surface area contributed by atoms with E-state index in [1.165, 1.54) is 22.4 Å². The smallest absolute Gasteiger partial charge is 0.0510 e. The molecule has 2 heteroatoms. The van der Waals surface area contributed by atoms with Gasteiger partial charge in [-0.25, -0.2) is 0 Å². The van der Waals surface area contributed by atoms with Crippen LogP contribution in [0.3, 0.4) is 0 Å². The number of nitrogens with zero attached hydrogens (tertiary/aromatic N) is 1. The quantitative estimate of drug-likeness (QED) is 0.641. The molecule has 1 aromatic rings. The summed E-state index contributed by atoms with van der Waals surface area (Å²) in [6, 6.07) is 8.52. The lowest BCUT2D eigenvalue weighted by Gasteiger charge is -2.35. The van der Waals surface area contributed by atoms with Gasteiger partial charge in [0.15, 0.2) is 0 Å². The third-order valence-electron chi connectivity index (χ3n) is 3.31. The Morgan fingerprint density at radius 2 is 1.88 bits per heavy atom. The van der Waals surface area contributed by atoms with Crippen molar-refractivity contribution in [1.29, 1.82) is 0 Å². The van der Waals surface area contributed by atoms with E-state index in [-0.39, 0.29) is 17.8 Å². The van der Waals surface area contributed by atoms with Crippen molar-refractivity contribution < 1.29 is 0 Å². The summed E-state index contributed by atoms with van der Waals surface area (Å²) in [5, 5.41) is 0. The maximum atomic E-state index is 4.46. The Kier molecular flexibility index (Phi) is 2.51. The Morgan fingerprint density at radius 1 is 1.12 bits per heavy atom. The molecular formula is C14H14ClN. The van der Waals surface area contributed by atoms with Crippen LogP contribution in [0.5, 0.6) is 0 Å². The van der Waals surface area contributed by atoms with E-state index in [9.17, 15) is 0 Å². The summed E-state index contributed by atoms with van der Waals surface area (Å²) in [6.07, 6.45) is 6.24. The van der Waals surface area contributed by atoms with Gasteiger partial charge >= 0.3 is 0 Å². The van der Waals surface area contributed by atoms with Gasteiger partial charge in [-0.05, 0) is 28.9 Å². The SMILES string of the molecule is CC1(C)C2=Cc3ccccc3C1=CC=N2.Cl. The standard InChI is InChI=1S/C14H13N.ClH/c1-14(2)12-7-8-15-13(14)9-10-5-3-4-6-11(10)12;/h3-9H,1-2H3;1H. The van der Waals surface area contributed by atoms with Crippen molar-refractivity contribution in [1.82, 2.24) is 0 Å². The van der Waals surface area contributed by atoms with E-state index in [1.54, 1.807) is 0 Å². The van der Waals surface area contributed by atoms with Crippen molar-refractivity contribution in [2.45, 2.75) is 13.8 Å². The Bertz CT molecular complexity index is 521. The summed E-state index contributed by atoms with van der Waals surface area (Å²) in [4.78, 5) is 4.46. The van der Waals surface area contributed by atoms with E-state index < -0.39 is 0 Å². The first-order valence-corrected chi connectivity index (χ1v) is 5.26. The molecule has 0 radical (unpaired) electrons. The first-order chi connectivity index (χ1) is 7.19. The predicted molar refractivity (Wildman–Crippen MR) is 71.9 cm³/mol. The molecule has 1 aromatic carbocycles. The summed E-state index contributed by atoms with van der Waals surface area (Å²) in [6.45, 7) is 4.47. The normalized spacial score (nSPS) is 19.1. The van der Waals surface area contributed by atoms with Crippen LogP contribution in [0.25, 0.3) is 11.6 Å². The van der Waals surface area contributed by atoms with Gasteiger partial charge in [0.2, 0.25) is 0 Å². The highest BCUT2D eigenvalue weighted by molar-refractivity contribution is 5.96. The van der Waals surface area contributed by atoms with Gasteiger partial charge in [0.25, 0.3) is 0 Å². The molecule has 1 heterocycles. The fourth-order valence-corrected chi connectivity index (χ4v) is 2.36. The molecule has 0 unspecified atom stereocenters. The monoisotopic (exact) mass is 231 g/mol. The largest absolute Gasteiger partial charge is 0.260 e. The van der Waals surface area contributed by atoms with Gasteiger partial charge in [-0.15, -0.1) is 12.4 Å². The van der Waals surface area contributed by atoms with E-state index in [0.717, 1.165) is 0 Å². The Balaban J connectivity index is 0.000000963. The molecule has 1 nitrogen and oxygen atoms in total. The molecule has 0 aromatic heterocycles.